The van der Waals surface area contributed by atoms with Crippen LogP contribution in [0, 0.1) is 5.92 Å². The smallest absolute Gasteiger partial charge is 0.0607 e. The summed E-state index contributed by atoms with van der Waals surface area (Å²) in [5.41, 5.74) is 10.2. The van der Waals surface area contributed by atoms with Crippen molar-refractivity contribution >= 4 is 22.9 Å². The molecule has 3 heterocycles. The van der Waals surface area contributed by atoms with Crippen LogP contribution in [0.25, 0.3) is 0 Å². The molecule has 0 saturated carbocycles. The van der Waals surface area contributed by atoms with E-state index in [9.17, 15) is 0 Å². The van der Waals surface area contributed by atoms with Gasteiger partial charge in [-0.05, 0) is 94.1 Å². The zero-order valence-electron chi connectivity index (χ0n) is 21.9. The molecule has 2 bridgehead atoms. The molecule has 0 radical (unpaired) electrons. The maximum absolute atomic E-state index is 5.90. The molecule has 3 unspecified atom stereocenters. The summed E-state index contributed by atoms with van der Waals surface area (Å²) >= 11 is 2.65. The summed E-state index contributed by atoms with van der Waals surface area (Å²) in [6, 6.07) is 17.8. The van der Waals surface area contributed by atoms with E-state index in [0.717, 1.165) is 32.0 Å². The fourth-order valence-electron chi connectivity index (χ4n) is 7.21. The highest BCUT2D eigenvalue weighted by atomic mass is 127. The van der Waals surface area contributed by atoms with Crippen molar-refractivity contribution in [2.24, 2.45) is 11.7 Å². The highest BCUT2D eigenvalue weighted by molar-refractivity contribution is 14.1. The minimum Gasteiger partial charge on any atom is -0.330 e. The number of unbranched alkanes of at least 4 members (excludes halogenated alkanes) is 1. The third-order valence-corrected chi connectivity index (χ3v) is 9.98. The first kappa shape index (κ1) is 26.5. The van der Waals surface area contributed by atoms with Crippen molar-refractivity contribution in [3.63, 3.8) is 0 Å². The van der Waals surface area contributed by atoms with Crippen LogP contribution in [0.15, 0.2) is 48.7 Å². The molecular weight excluding hydrogens is 557 g/mol. The van der Waals surface area contributed by atoms with Gasteiger partial charge in [0.05, 0.1) is 11.7 Å². The Morgan fingerprint density at radius 1 is 1.11 bits per heavy atom. The van der Waals surface area contributed by atoms with Crippen molar-refractivity contribution in [1.29, 1.82) is 0 Å². The lowest BCUT2D eigenvalue weighted by Crippen LogP contribution is -2.61. The number of pyridine rings is 1. The molecule has 196 valence electrons. The number of halogens is 1. The summed E-state index contributed by atoms with van der Waals surface area (Å²) in [6.07, 6.45) is 11.7. The molecule has 0 amide bonds. The summed E-state index contributed by atoms with van der Waals surface area (Å²) in [7, 11) is 0. The van der Waals surface area contributed by atoms with E-state index >= 15 is 0 Å². The second kappa shape index (κ2) is 12.7. The SMILES string of the molecule is CC1CC2CN(I)[C@@H](CN(CCCCN)[C@H]3CCCc4cccnc43)C1N2CCCc1ccccc1. The monoisotopic (exact) mass is 601 g/mol. The zero-order valence-corrected chi connectivity index (χ0v) is 24.1. The Hall–Kier alpha value is -1.06. The fraction of sp³-hybridized carbons (Fsp3) is 0.633. The van der Waals surface area contributed by atoms with Crippen LogP contribution in [-0.4, -0.2) is 68.7 Å². The average Bonchev–Trinajstić information content (AvgIpc) is 3.13. The quantitative estimate of drug-likeness (QED) is 0.217. The van der Waals surface area contributed by atoms with Gasteiger partial charge in [0.25, 0.3) is 0 Å². The van der Waals surface area contributed by atoms with Crippen LogP contribution in [0.2, 0.25) is 0 Å². The molecule has 1 aromatic heterocycles. The first-order chi connectivity index (χ1) is 17.7. The second-order valence-electron chi connectivity index (χ2n) is 11.3. The number of benzene rings is 1. The number of nitrogens with two attached hydrogens (primary N) is 1. The van der Waals surface area contributed by atoms with E-state index in [2.05, 4.69) is 85.2 Å². The summed E-state index contributed by atoms with van der Waals surface area (Å²) < 4.78 is 2.67. The van der Waals surface area contributed by atoms with Crippen LogP contribution >= 0.6 is 22.9 Å². The first-order valence-corrected chi connectivity index (χ1v) is 15.2. The highest BCUT2D eigenvalue weighted by Gasteiger charge is 2.49. The molecular formula is C30H44IN5. The minimum absolute atomic E-state index is 0.443. The molecule has 2 N–H and O–H groups in total. The van der Waals surface area contributed by atoms with E-state index in [1.54, 1.807) is 0 Å². The lowest BCUT2D eigenvalue weighted by Gasteiger charge is -2.48. The number of piperazine rings is 1. The van der Waals surface area contributed by atoms with E-state index in [0.29, 0.717) is 24.2 Å². The number of hydrogen-bond donors (Lipinski definition) is 1. The molecule has 2 aromatic rings. The molecule has 5 atom stereocenters. The second-order valence-corrected chi connectivity index (χ2v) is 12.5. The zero-order chi connectivity index (χ0) is 24.9. The number of rotatable bonds is 11. The van der Waals surface area contributed by atoms with Gasteiger partial charge in [0.15, 0.2) is 0 Å². The number of hydrogen-bond acceptors (Lipinski definition) is 5. The lowest BCUT2D eigenvalue weighted by molar-refractivity contribution is 0.0353. The average molecular weight is 602 g/mol. The fourth-order valence-corrected chi connectivity index (χ4v) is 8.17. The Bertz CT molecular complexity index is 955. The van der Waals surface area contributed by atoms with Gasteiger partial charge in [-0.25, -0.2) is 3.11 Å². The number of fused-ring (bicyclic) bond motifs is 3. The molecule has 2 fully saturated rings. The standard InChI is InChI=1S/C30H44IN5/c1-23-20-26-21-36(31)28(30(23)35(26)19-9-12-24-10-3-2-4-11-24)22-34(18-6-5-16-32)27-15-7-13-25-14-8-17-33-29(25)27/h2-4,8,10-11,14,17,23,26-28,30H,5-7,9,12-13,15-16,18-22,32H2,1H3/t23?,26?,27-,28-,30?/m0/s1. The maximum Gasteiger partial charge on any atom is 0.0607 e. The van der Waals surface area contributed by atoms with Crippen LogP contribution in [-0.2, 0) is 12.8 Å². The van der Waals surface area contributed by atoms with Crippen molar-refractivity contribution in [1.82, 2.24) is 17.9 Å². The highest BCUT2D eigenvalue weighted by Crippen LogP contribution is 2.41. The molecule has 36 heavy (non-hydrogen) atoms. The molecule has 1 aromatic carbocycles. The third-order valence-electron chi connectivity index (χ3n) is 8.87. The molecule has 1 aliphatic carbocycles. The third kappa shape index (κ3) is 5.98. The van der Waals surface area contributed by atoms with Gasteiger partial charge in [-0.15, -0.1) is 0 Å². The van der Waals surface area contributed by atoms with Crippen LogP contribution < -0.4 is 5.73 Å². The summed E-state index contributed by atoms with van der Waals surface area (Å²) in [4.78, 5) is 10.6. The normalized spacial score (nSPS) is 28.5. The number of nitrogens with zero attached hydrogens (tertiary/aromatic N) is 4. The minimum atomic E-state index is 0.443. The van der Waals surface area contributed by atoms with E-state index in [-0.39, 0.29) is 0 Å². The largest absolute Gasteiger partial charge is 0.330 e. The van der Waals surface area contributed by atoms with Crippen LogP contribution in [0.5, 0.6) is 0 Å². The summed E-state index contributed by atoms with van der Waals surface area (Å²) in [5.74, 6) is 0.749. The number of aryl methyl sites for hydroxylation is 2. The first-order valence-electron chi connectivity index (χ1n) is 14.3. The Labute approximate surface area is 232 Å². The molecule has 6 heteroatoms. The van der Waals surface area contributed by atoms with Gasteiger partial charge in [0.2, 0.25) is 0 Å². The molecule has 5 nitrogen and oxygen atoms in total. The maximum atomic E-state index is 5.90. The molecule has 3 aliphatic rings. The van der Waals surface area contributed by atoms with Crippen molar-refractivity contribution in [3.05, 3.63) is 65.5 Å². The van der Waals surface area contributed by atoms with E-state index < -0.39 is 0 Å². The van der Waals surface area contributed by atoms with Crippen LogP contribution in [0.3, 0.4) is 0 Å². The van der Waals surface area contributed by atoms with Crippen LogP contribution in [0.1, 0.15) is 68.3 Å². The molecule has 0 spiro atoms. The summed E-state index contributed by atoms with van der Waals surface area (Å²) in [5, 5.41) is 0. The van der Waals surface area contributed by atoms with Crippen molar-refractivity contribution in [3.8, 4) is 0 Å². The van der Waals surface area contributed by atoms with Gasteiger partial charge in [-0.2, -0.15) is 0 Å². The van der Waals surface area contributed by atoms with Gasteiger partial charge in [0, 0.05) is 60.3 Å². The van der Waals surface area contributed by atoms with Crippen molar-refractivity contribution in [2.75, 3.05) is 32.7 Å². The predicted octanol–water partition coefficient (Wildman–Crippen LogP) is 5.25. The van der Waals surface area contributed by atoms with Gasteiger partial charge >= 0.3 is 0 Å². The lowest BCUT2D eigenvalue weighted by atomic mass is 9.89. The Kier molecular flexibility index (Phi) is 9.33. The van der Waals surface area contributed by atoms with E-state index in [1.165, 1.54) is 74.9 Å². The Balaban J connectivity index is 1.32. The Morgan fingerprint density at radius 3 is 2.81 bits per heavy atom. The molecule has 2 aliphatic heterocycles. The van der Waals surface area contributed by atoms with Crippen LogP contribution in [0.4, 0.5) is 0 Å². The van der Waals surface area contributed by atoms with Gasteiger partial charge in [-0.1, -0.05) is 43.3 Å². The molecule has 2 saturated heterocycles. The summed E-state index contributed by atoms with van der Waals surface area (Å²) in [6.45, 7) is 7.95. The molecule has 5 rings (SSSR count). The van der Waals surface area contributed by atoms with E-state index in [4.69, 9.17) is 10.7 Å². The topological polar surface area (TPSA) is 48.6 Å². The van der Waals surface area contributed by atoms with Crippen molar-refractivity contribution < 1.29 is 0 Å². The van der Waals surface area contributed by atoms with Gasteiger partial charge in [-0.3, -0.25) is 14.8 Å². The van der Waals surface area contributed by atoms with Gasteiger partial charge in [0.1, 0.15) is 0 Å². The van der Waals surface area contributed by atoms with Crippen molar-refractivity contribution in [2.45, 2.75) is 82.5 Å². The predicted molar refractivity (Wildman–Crippen MR) is 157 cm³/mol. The van der Waals surface area contributed by atoms with Gasteiger partial charge < -0.3 is 5.73 Å². The number of aromatic nitrogens is 1. The van der Waals surface area contributed by atoms with E-state index in [1.807, 2.05) is 6.20 Å². The Morgan fingerprint density at radius 2 is 1.97 bits per heavy atom.